The van der Waals surface area contributed by atoms with Gasteiger partial charge in [0.05, 0.1) is 12.0 Å². The van der Waals surface area contributed by atoms with Crippen molar-refractivity contribution in [1.82, 2.24) is 13.9 Å². The van der Waals surface area contributed by atoms with Gasteiger partial charge < -0.3 is 10.1 Å². The van der Waals surface area contributed by atoms with Gasteiger partial charge in [-0.3, -0.25) is 4.79 Å². The van der Waals surface area contributed by atoms with Crippen LogP contribution in [-0.2, 0) is 31.4 Å². The van der Waals surface area contributed by atoms with E-state index in [0.717, 1.165) is 22.0 Å². The fourth-order valence-corrected chi connectivity index (χ4v) is 6.21. The number of ether oxygens (including phenoxy) is 1. The van der Waals surface area contributed by atoms with E-state index in [1.807, 2.05) is 0 Å². The number of nitrogens with one attached hydrogen (secondary N) is 1. The molecule has 0 saturated carbocycles. The Labute approximate surface area is 199 Å². The van der Waals surface area contributed by atoms with Crippen LogP contribution >= 0.6 is 0 Å². The first kappa shape index (κ1) is 26.1. The summed E-state index contributed by atoms with van der Waals surface area (Å²) >= 11 is 0. The smallest absolute Gasteiger partial charge is 0.246 e. The highest BCUT2D eigenvalue weighted by molar-refractivity contribution is 7.89. The largest absolute Gasteiger partial charge is 0.495 e. The number of methoxy groups -OCH3 is 1. The number of benzene rings is 2. The van der Waals surface area contributed by atoms with Crippen LogP contribution in [-0.4, -0.2) is 65.6 Å². The van der Waals surface area contributed by atoms with Crippen LogP contribution in [0.5, 0.6) is 5.75 Å². The molecule has 0 unspecified atom stereocenters. The van der Waals surface area contributed by atoms with Crippen LogP contribution in [0.25, 0.3) is 0 Å². The van der Waals surface area contributed by atoms with E-state index in [2.05, 4.69) is 5.32 Å². The van der Waals surface area contributed by atoms with Gasteiger partial charge in [0.25, 0.3) is 0 Å². The molecule has 9 nitrogen and oxygen atoms in total. The molecule has 1 aliphatic rings. The van der Waals surface area contributed by atoms with E-state index in [9.17, 15) is 26.0 Å². The molecule has 0 radical (unpaired) electrons. The SMILES string of the molecule is COc1ccc(F)cc1S(=O)(=O)N1CCC(C(=O)NCc2ccc(S(=O)(=O)N(C)C)cc2)CC1. The molecule has 34 heavy (non-hydrogen) atoms. The molecule has 0 aliphatic carbocycles. The van der Waals surface area contributed by atoms with Gasteiger partial charge in [0.15, 0.2) is 0 Å². The predicted molar refractivity (Wildman–Crippen MR) is 124 cm³/mol. The molecule has 2 aromatic rings. The summed E-state index contributed by atoms with van der Waals surface area (Å²) < 4.78 is 71.3. The summed E-state index contributed by atoms with van der Waals surface area (Å²) in [6.45, 7) is 0.467. The van der Waals surface area contributed by atoms with E-state index in [1.165, 1.54) is 43.7 Å². The minimum Gasteiger partial charge on any atom is -0.495 e. The number of carbonyl (C=O) groups is 1. The molecule has 1 amide bonds. The van der Waals surface area contributed by atoms with E-state index in [4.69, 9.17) is 4.74 Å². The fourth-order valence-electron chi connectivity index (χ4n) is 3.67. The van der Waals surface area contributed by atoms with Crippen LogP contribution in [0.2, 0.25) is 0 Å². The van der Waals surface area contributed by atoms with Crippen molar-refractivity contribution >= 4 is 26.0 Å². The molecule has 186 valence electrons. The topological polar surface area (TPSA) is 113 Å². The van der Waals surface area contributed by atoms with Crippen molar-refractivity contribution in [2.24, 2.45) is 5.92 Å². The zero-order valence-corrected chi connectivity index (χ0v) is 20.8. The lowest BCUT2D eigenvalue weighted by Crippen LogP contribution is -2.43. The van der Waals surface area contributed by atoms with Crippen molar-refractivity contribution in [3.05, 3.63) is 53.8 Å². The van der Waals surface area contributed by atoms with Crippen LogP contribution in [0.4, 0.5) is 4.39 Å². The molecule has 1 fully saturated rings. The first-order valence-electron chi connectivity index (χ1n) is 10.6. The van der Waals surface area contributed by atoms with Crippen molar-refractivity contribution in [2.75, 3.05) is 34.3 Å². The number of nitrogens with zero attached hydrogens (tertiary/aromatic N) is 2. The second-order valence-corrected chi connectivity index (χ2v) is 12.2. The third kappa shape index (κ3) is 5.57. The van der Waals surface area contributed by atoms with E-state index >= 15 is 0 Å². The maximum Gasteiger partial charge on any atom is 0.246 e. The quantitative estimate of drug-likeness (QED) is 0.576. The van der Waals surface area contributed by atoms with Crippen molar-refractivity contribution in [1.29, 1.82) is 0 Å². The minimum atomic E-state index is -3.97. The van der Waals surface area contributed by atoms with Crippen LogP contribution in [0, 0.1) is 11.7 Å². The summed E-state index contributed by atoms with van der Waals surface area (Å²) in [6, 6.07) is 9.58. The van der Waals surface area contributed by atoms with E-state index in [-0.39, 0.29) is 47.0 Å². The number of halogens is 1. The average Bonchev–Trinajstić information content (AvgIpc) is 2.82. The second kappa shape index (κ2) is 10.4. The lowest BCUT2D eigenvalue weighted by molar-refractivity contribution is -0.126. The Kier molecular flexibility index (Phi) is 7.96. The Morgan fingerprint density at radius 2 is 1.71 bits per heavy atom. The van der Waals surface area contributed by atoms with Crippen molar-refractivity contribution in [3.63, 3.8) is 0 Å². The normalized spacial score (nSPS) is 15.9. The van der Waals surface area contributed by atoms with Gasteiger partial charge in [-0.25, -0.2) is 25.5 Å². The molecular weight excluding hydrogens is 485 g/mol. The average molecular weight is 514 g/mol. The maximum absolute atomic E-state index is 13.7. The Morgan fingerprint density at radius 1 is 1.09 bits per heavy atom. The molecule has 1 N–H and O–H groups in total. The van der Waals surface area contributed by atoms with Crippen LogP contribution < -0.4 is 10.1 Å². The molecule has 1 aliphatic heterocycles. The highest BCUT2D eigenvalue weighted by atomic mass is 32.2. The molecular formula is C22H28FN3O6S2. The van der Waals surface area contributed by atoms with Gasteiger partial charge in [-0.05, 0) is 48.7 Å². The third-order valence-electron chi connectivity index (χ3n) is 5.74. The Balaban J connectivity index is 1.57. The van der Waals surface area contributed by atoms with Gasteiger partial charge in [0.1, 0.15) is 16.5 Å². The Hall–Kier alpha value is -2.54. The molecule has 12 heteroatoms. The van der Waals surface area contributed by atoms with Crippen molar-refractivity contribution in [3.8, 4) is 5.75 Å². The predicted octanol–water partition coefficient (Wildman–Crippen LogP) is 1.80. The van der Waals surface area contributed by atoms with E-state index < -0.39 is 25.9 Å². The number of sulfonamides is 2. The Bertz CT molecular complexity index is 1240. The van der Waals surface area contributed by atoms with Crippen LogP contribution in [0.1, 0.15) is 18.4 Å². The van der Waals surface area contributed by atoms with Gasteiger partial charge >= 0.3 is 0 Å². The third-order valence-corrected chi connectivity index (χ3v) is 9.49. The van der Waals surface area contributed by atoms with Gasteiger partial charge in [0.2, 0.25) is 26.0 Å². The van der Waals surface area contributed by atoms with Crippen molar-refractivity contribution < 1.29 is 30.8 Å². The van der Waals surface area contributed by atoms with Crippen LogP contribution in [0.15, 0.2) is 52.3 Å². The minimum absolute atomic E-state index is 0.0608. The summed E-state index contributed by atoms with van der Waals surface area (Å²) in [5.74, 6) is -1.19. The van der Waals surface area contributed by atoms with Gasteiger partial charge in [-0.2, -0.15) is 4.31 Å². The van der Waals surface area contributed by atoms with Crippen molar-refractivity contribution in [2.45, 2.75) is 29.2 Å². The molecule has 2 aromatic carbocycles. The summed E-state index contributed by atoms with van der Waals surface area (Å²) in [5, 5.41) is 2.82. The Morgan fingerprint density at radius 3 is 2.26 bits per heavy atom. The van der Waals surface area contributed by atoms with Gasteiger partial charge in [-0.15, -0.1) is 0 Å². The first-order chi connectivity index (χ1) is 16.0. The zero-order chi connectivity index (χ0) is 25.1. The number of hydrogen-bond acceptors (Lipinski definition) is 6. The summed E-state index contributed by atoms with van der Waals surface area (Å²) in [7, 11) is -3.27. The first-order valence-corrected chi connectivity index (χ1v) is 13.5. The standard InChI is InChI=1S/C22H28FN3O6S2/c1-25(2)33(28,29)19-7-4-16(5-8-19)15-24-22(27)17-10-12-26(13-11-17)34(30,31)21-14-18(23)6-9-20(21)32-3/h4-9,14,17H,10-13,15H2,1-3H3,(H,24,27). The molecule has 0 bridgehead atoms. The number of amides is 1. The zero-order valence-electron chi connectivity index (χ0n) is 19.2. The molecule has 0 spiro atoms. The second-order valence-electron chi connectivity index (χ2n) is 8.12. The summed E-state index contributed by atoms with van der Waals surface area (Å²) in [6.07, 6.45) is 0.644. The highest BCUT2D eigenvalue weighted by Gasteiger charge is 2.34. The molecule has 0 atom stereocenters. The van der Waals surface area contributed by atoms with Crippen LogP contribution in [0.3, 0.4) is 0 Å². The fraction of sp³-hybridized carbons (Fsp3) is 0.409. The lowest BCUT2D eigenvalue weighted by atomic mass is 9.97. The van der Waals surface area contributed by atoms with Gasteiger partial charge in [0, 0.05) is 39.6 Å². The number of hydrogen-bond donors (Lipinski definition) is 1. The number of rotatable bonds is 8. The molecule has 1 heterocycles. The van der Waals surface area contributed by atoms with E-state index in [0.29, 0.717) is 12.8 Å². The summed E-state index contributed by atoms with van der Waals surface area (Å²) in [4.78, 5) is 12.5. The summed E-state index contributed by atoms with van der Waals surface area (Å²) in [5.41, 5.74) is 0.740. The molecule has 3 rings (SSSR count). The lowest BCUT2D eigenvalue weighted by Gasteiger charge is -2.31. The maximum atomic E-state index is 13.7. The highest BCUT2D eigenvalue weighted by Crippen LogP contribution is 2.30. The molecule has 0 aromatic heterocycles. The molecule has 1 saturated heterocycles. The number of carbonyl (C=O) groups excluding carboxylic acids is 1. The van der Waals surface area contributed by atoms with Gasteiger partial charge in [-0.1, -0.05) is 12.1 Å². The van der Waals surface area contributed by atoms with E-state index in [1.54, 1.807) is 12.1 Å². The number of piperidine rings is 1. The monoisotopic (exact) mass is 513 g/mol.